The normalized spacial score (nSPS) is 10.5. The van der Waals surface area contributed by atoms with E-state index in [1.807, 2.05) is 12.1 Å². The van der Waals surface area contributed by atoms with E-state index in [-0.39, 0.29) is 11.7 Å². The summed E-state index contributed by atoms with van der Waals surface area (Å²) in [4.78, 5) is 16.2. The Morgan fingerprint density at radius 3 is 2.74 bits per heavy atom. The predicted octanol–water partition coefficient (Wildman–Crippen LogP) is 4.28. The maximum atomic E-state index is 13.2. The molecule has 2 aromatic heterocycles. The summed E-state index contributed by atoms with van der Waals surface area (Å²) < 4.78 is 18.0. The molecule has 0 bridgehead atoms. The molecule has 4 nitrogen and oxygen atoms in total. The van der Waals surface area contributed by atoms with Crippen LogP contribution in [-0.4, -0.2) is 15.3 Å². The number of benzene rings is 1. The van der Waals surface area contributed by atoms with Crippen molar-refractivity contribution in [1.29, 1.82) is 0 Å². The highest BCUT2D eigenvalue weighted by Crippen LogP contribution is 2.18. The number of aromatic nitrogens is 2. The van der Waals surface area contributed by atoms with E-state index >= 15 is 0 Å². The van der Waals surface area contributed by atoms with Gasteiger partial charge in [-0.05, 0) is 69.3 Å². The van der Waals surface area contributed by atoms with Gasteiger partial charge >= 0.3 is 0 Å². The Balaban J connectivity index is 1.66. The van der Waals surface area contributed by atoms with Crippen molar-refractivity contribution in [3.8, 4) is 0 Å². The van der Waals surface area contributed by atoms with E-state index in [2.05, 4.69) is 30.6 Å². The van der Waals surface area contributed by atoms with Crippen LogP contribution >= 0.6 is 27.5 Å². The van der Waals surface area contributed by atoms with Gasteiger partial charge in [0, 0.05) is 6.20 Å². The van der Waals surface area contributed by atoms with Gasteiger partial charge in [-0.3, -0.25) is 4.79 Å². The van der Waals surface area contributed by atoms with Crippen LogP contribution in [-0.2, 0) is 6.42 Å². The monoisotopic (exact) mass is 391 g/mol. The molecule has 0 saturated carbocycles. The SMILES string of the molecule is O=C(Nc1ccc(Cc2cccc(F)c2)cn1)c1cc(Br)sn1. The minimum Gasteiger partial charge on any atom is -0.305 e. The molecule has 0 saturated heterocycles. The van der Waals surface area contributed by atoms with E-state index in [9.17, 15) is 9.18 Å². The molecule has 23 heavy (non-hydrogen) atoms. The molecule has 3 rings (SSSR count). The second-order valence-electron chi connectivity index (χ2n) is 4.83. The van der Waals surface area contributed by atoms with Gasteiger partial charge in [0.25, 0.3) is 5.91 Å². The molecule has 0 radical (unpaired) electrons. The summed E-state index contributed by atoms with van der Waals surface area (Å²) in [6, 6.07) is 11.7. The first-order valence-corrected chi connectivity index (χ1v) is 8.30. The Bertz CT molecular complexity index is 835. The Hall–Kier alpha value is -2.12. The van der Waals surface area contributed by atoms with E-state index in [4.69, 9.17) is 0 Å². The van der Waals surface area contributed by atoms with Crippen molar-refractivity contribution in [1.82, 2.24) is 9.36 Å². The van der Waals surface area contributed by atoms with Crippen LogP contribution in [0.2, 0.25) is 0 Å². The molecule has 0 aliphatic carbocycles. The van der Waals surface area contributed by atoms with E-state index < -0.39 is 0 Å². The summed E-state index contributed by atoms with van der Waals surface area (Å²) in [7, 11) is 0. The zero-order chi connectivity index (χ0) is 16.2. The second kappa shape index (κ2) is 6.97. The lowest BCUT2D eigenvalue weighted by molar-refractivity contribution is 0.102. The molecule has 1 N–H and O–H groups in total. The summed E-state index contributed by atoms with van der Waals surface area (Å²) in [5, 5.41) is 2.69. The van der Waals surface area contributed by atoms with Crippen LogP contribution in [0.4, 0.5) is 10.2 Å². The number of hydrogen-bond donors (Lipinski definition) is 1. The molecular formula is C16H11BrFN3OS. The molecule has 0 aliphatic rings. The van der Waals surface area contributed by atoms with Crippen molar-refractivity contribution in [2.24, 2.45) is 0 Å². The highest BCUT2D eigenvalue weighted by molar-refractivity contribution is 9.11. The lowest BCUT2D eigenvalue weighted by Gasteiger charge is -2.05. The summed E-state index contributed by atoms with van der Waals surface area (Å²) in [5.74, 6) is -0.117. The third-order valence-corrected chi connectivity index (χ3v) is 4.32. The number of hydrogen-bond acceptors (Lipinski definition) is 4. The van der Waals surface area contributed by atoms with Gasteiger partial charge in [-0.2, -0.15) is 4.37 Å². The maximum Gasteiger partial charge on any atom is 0.276 e. The first-order chi connectivity index (χ1) is 11.1. The van der Waals surface area contributed by atoms with Gasteiger partial charge in [0.05, 0.1) is 3.79 Å². The van der Waals surface area contributed by atoms with Crippen molar-refractivity contribution in [2.45, 2.75) is 6.42 Å². The van der Waals surface area contributed by atoms with E-state index in [1.165, 1.54) is 23.7 Å². The lowest BCUT2D eigenvalue weighted by atomic mass is 10.1. The van der Waals surface area contributed by atoms with Crippen LogP contribution in [0.25, 0.3) is 0 Å². The Kier molecular flexibility index (Phi) is 4.78. The Morgan fingerprint density at radius 2 is 2.09 bits per heavy atom. The molecular weight excluding hydrogens is 381 g/mol. The number of amides is 1. The third-order valence-electron chi connectivity index (χ3n) is 3.08. The summed E-state index contributed by atoms with van der Waals surface area (Å²) in [6.07, 6.45) is 2.25. The van der Waals surface area contributed by atoms with Crippen LogP contribution < -0.4 is 5.32 Å². The van der Waals surface area contributed by atoms with Crippen LogP contribution in [0.15, 0.2) is 52.4 Å². The van der Waals surface area contributed by atoms with Gasteiger partial charge in [-0.15, -0.1) is 0 Å². The van der Waals surface area contributed by atoms with Crippen LogP contribution in [0.5, 0.6) is 0 Å². The van der Waals surface area contributed by atoms with Crippen molar-refractivity contribution in [3.63, 3.8) is 0 Å². The molecule has 0 aliphatic heterocycles. The lowest BCUT2D eigenvalue weighted by Crippen LogP contribution is -2.13. The molecule has 1 amide bonds. The first-order valence-electron chi connectivity index (χ1n) is 6.73. The smallest absolute Gasteiger partial charge is 0.276 e. The minimum atomic E-state index is -0.308. The quantitative estimate of drug-likeness (QED) is 0.721. The number of carbonyl (C=O) groups excluding carboxylic acids is 1. The summed E-state index contributed by atoms with van der Waals surface area (Å²) in [6.45, 7) is 0. The highest BCUT2D eigenvalue weighted by atomic mass is 79.9. The number of nitrogens with one attached hydrogen (secondary N) is 1. The van der Waals surface area contributed by atoms with Crippen LogP contribution in [0.3, 0.4) is 0 Å². The van der Waals surface area contributed by atoms with Gasteiger partial charge in [-0.1, -0.05) is 18.2 Å². The average molecular weight is 392 g/mol. The molecule has 0 spiro atoms. The average Bonchev–Trinajstić information content (AvgIpc) is 2.96. The summed E-state index contributed by atoms with van der Waals surface area (Å²) >= 11 is 4.47. The van der Waals surface area contributed by atoms with E-state index in [0.717, 1.165) is 14.9 Å². The Morgan fingerprint density at radius 1 is 1.22 bits per heavy atom. The fourth-order valence-corrected chi connectivity index (χ4v) is 2.95. The number of anilines is 1. The van der Waals surface area contributed by atoms with Crippen LogP contribution in [0, 0.1) is 5.82 Å². The largest absolute Gasteiger partial charge is 0.305 e. The topological polar surface area (TPSA) is 54.9 Å². The zero-order valence-corrected chi connectivity index (χ0v) is 14.2. The van der Waals surface area contributed by atoms with Gasteiger partial charge in [0.15, 0.2) is 0 Å². The molecule has 0 fully saturated rings. The standard InChI is InChI=1S/C16H11BrFN3OS/c17-14-8-13(21-23-14)16(22)20-15-5-4-11(9-19-15)6-10-2-1-3-12(18)7-10/h1-5,7-9H,6H2,(H,19,20,22). The van der Waals surface area contributed by atoms with E-state index in [0.29, 0.717) is 17.9 Å². The second-order valence-corrected chi connectivity index (χ2v) is 7.01. The molecule has 1 aromatic carbocycles. The molecule has 0 atom stereocenters. The molecule has 7 heteroatoms. The van der Waals surface area contributed by atoms with Gasteiger partial charge in [0.2, 0.25) is 0 Å². The number of nitrogens with zero attached hydrogens (tertiary/aromatic N) is 2. The van der Waals surface area contributed by atoms with Gasteiger partial charge in [-0.25, -0.2) is 9.37 Å². The van der Waals surface area contributed by atoms with Crippen molar-refractivity contribution in [2.75, 3.05) is 5.32 Å². The Labute approximate surface area is 144 Å². The highest BCUT2D eigenvalue weighted by Gasteiger charge is 2.10. The number of carbonyl (C=O) groups is 1. The molecule has 0 unspecified atom stereocenters. The number of halogens is 2. The maximum absolute atomic E-state index is 13.2. The third kappa shape index (κ3) is 4.20. The summed E-state index contributed by atoms with van der Waals surface area (Å²) in [5.41, 5.74) is 2.15. The fraction of sp³-hybridized carbons (Fsp3) is 0.0625. The van der Waals surface area contributed by atoms with Gasteiger partial charge in [0.1, 0.15) is 17.3 Å². The minimum absolute atomic E-state index is 0.256. The van der Waals surface area contributed by atoms with E-state index in [1.54, 1.807) is 24.4 Å². The number of pyridine rings is 1. The zero-order valence-electron chi connectivity index (χ0n) is 11.8. The van der Waals surface area contributed by atoms with Crippen molar-refractivity contribution >= 4 is 39.2 Å². The molecule has 2 heterocycles. The van der Waals surface area contributed by atoms with Crippen LogP contribution in [0.1, 0.15) is 21.6 Å². The number of rotatable bonds is 4. The molecule has 116 valence electrons. The van der Waals surface area contributed by atoms with Gasteiger partial charge < -0.3 is 5.32 Å². The first kappa shape index (κ1) is 15.8. The fourth-order valence-electron chi connectivity index (χ4n) is 2.03. The van der Waals surface area contributed by atoms with Crippen molar-refractivity contribution < 1.29 is 9.18 Å². The predicted molar refractivity (Wildman–Crippen MR) is 91.2 cm³/mol. The molecule has 3 aromatic rings. The van der Waals surface area contributed by atoms with Crippen molar-refractivity contribution in [3.05, 3.63) is 75.1 Å².